The van der Waals surface area contributed by atoms with Gasteiger partial charge in [-0.25, -0.2) is 0 Å². The van der Waals surface area contributed by atoms with Crippen molar-refractivity contribution in [3.8, 4) is 0 Å². The molecule has 0 rings (SSSR count). The molecular formula is C3H8OSSi. The first kappa shape index (κ1) is 6.27. The molecule has 36 valence electrons. The first-order valence-electron chi connectivity index (χ1n) is 1.70. The van der Waals surface area contributed by atoms with Crippen molar-refractivity contribution in [2.75, 3.05) is 6.61 Å². The molecule has 0 aliphatic rings. The lowest BCUT2D eigenvalue weighted by molar-refractivity contribution is 0.402. The van der Waals surface area contributed by atoms with Crippen molar-refractivity contribution in [2.45, 2.75) is 0 Å². The van der Waals surface area contributed by atoms with E-state index in [9.17, 15) is 0 Å². The maximum atomic E-state index is 4.79. The third-order valence-corrected chi connectivity index (χ3v) is 0.912. The van der Waals surface area contributed by atoms with Gasteiger partial charge in [-0.3, -0.25) is 0 Å². The molecule has 0 heterocycles. The molecular weight excluding hydrogens is 112 g/mol. The zero-order valence-electron chi connectivity index (χ0n) is 3.72. The Morgan fingerprint density at radius 2 is 2.50 bits per heavy atom. The molecule has 0 fully saturated rings. The molecule has 0 saturated carbocycles. The minimum absolute atomic E-state index is 0.718. The second-order valence-corrected chi connectivity index (χ2v) is 1.72. The fourth-order valence-corrected chi connectivity index (χ4v) is 0.418. The molecule has 0 aromatic carbocycles. The van der Waals surface area contributed by atoms with E-state index in [1.54, 1.807) is 5.41 Å². The van der Waals surface area contributed by atoms with Crippen LogP contribution in [0.25, 0.3) is 0 Å². The van der Waals surface area contributed by atoms with Crippen molar-refractivity contribution in [3.63, 3.8) is 0 Å². The summed E-state index contributed by atoms with van der Waals surface area (Å²) >= 11 is 3.81. The minimum atomic E-state index is 0.718. The Bertz CT molecular complexity index is 46.1. The summed E-state index contributed by atoms with van der Waals surface area (Å²) in [5.74, 6) is 0. The lowest BCUT2D eigenvalue weighted by Crippen LogP contribution is -1.80. The third kappa shape index (κ3) is 4.27. The van der Waals surface area contributed by atoms with Gasteiger partial charge in [0.15, 0.2) is 0 Å². The van der Waals surface area contributed by atoms with Gasteiger partial charge in [0.05, 0.1) is 6.61 Å². The Morgan fingerprint density at radius 3 is 2.67 bits per heavy atom. The van der Waals surface area contributed by atoms with Crippen LogP contribution in [0, 0.1) is 0 Å². The zero-order valence-corrected chi connectivity index (χ0v) is 6.61. The summed E-state index contributed by atoms with van der Waals surface area (Å²) in [5.41, 5.74) is 0. The fourth-order valence-electron chi connectivity index (χ4n) is 0.139. The number of rotatable bonds is 2. The normalized spacial score (nSPS) is 10.8. The van der Waals surface area contributed by atoms with Crippen molar-refractivity contribution in [1.82, 2.24) is 0 Å². The van der Waals surface area contributed by atoms with Crippen LogP contribution in [0.2, 0.25) is 0 Å². The van der Waals surface area contributed by atoms with E-state index >= 15 is 0 Å². The Hall–Kier alpha value is 0.267. The summed E-state index contributed by atoms with van der Waals surface area (Å²) in [5, 5.41) is 1.68. The molecule has 0 amide bonds. The van der Waals surface area contributed by atoms with E-state index in [4.69, 9.17) is 4.43 Å². The van der Waals surface area contributed by atoms with E-state index in [0.29, 0.717) is 0 Å². The molecule has 0 aromatic rings. The van der Waals surface area contributed by atoms with Crippen molar-refractivity contribution < 1.29 is 4.43 Å². The van der Waals surface area contributed by atoms with Crippen LogP contribution in [0.5, 0.6) is 0 Å². The van der Waals surface area contributed by atoms with Crippen molar-refractivity contribution in [2.24, 2.45) is 0 Å². The molecule has 3 heteroatoms. The van der Waals surface area contributed by atoms with Crippen molar-refractivity contribution >= 4 is 23.1 Å². The third-order valence-electron chi connectivity index (χ3n) is 0.368. The Balaban J connectivity index is 2.66. The van der Waals surface area contributed by atoms with E-state index in [0.717, 1.165) is 17.1 Å². The van der Waals surface area contributed by atoms with Gasteiger partial charge in [-0.15, -0.1) is 0 Å². The Morgan fingerprint density at radius 1 is 1.83 bits per heavy atom. The number of hydrogen-bond acceptors (Lipinski definition) is 2. The topological polar surface area (TPSA) is 9.23 Å². The predicted molar refractivity (Wildman–Crippen MR) is 34.0 cm³/mol. The van der Waals surface area contributed by atoms with Gasteiger partial charge in [-0.1, -0.05) is 6.08 Å². The monoisotopic (exact) mass is 120 g/mol. The van der Waals surface area contributed by atoms with Crippen LogP contribution in [0.4, 0.5) is 0 Å². The molecule has 0 N–H and O–H groups in total. The van der Waals surface area contributed by atoms with E-state index in [2.05, 4.69) is 12.6 Å². The Kier molecular flexibility index (Phi) is 5.50. The predicted octanol–water partition coefficient (Wildman–Crippen LogP) is -0.273. The highest BCUT2D eigenvalue weighted by Crippen LogP contribution is 1.74. The molecule has 0 aliphatic carbocycles. The molecule has 0 atom stereocenters. The largest absolute Gasteiger partial charge is 0.424 e. The molecule has 6 heavy (non-hydrogen) atoms. The highest BCUT2D eigenvalue weighted by Gasteiger charge is 1.62. The highest BCUT2D eigenvalue weighted by atomic mass is 32.1. The van der Waals surface area contributed by atoms with Crippen LogP contribution in [0.15, 0.2) is 11.5 Å². The molecule has 0 saturated heterocycles. The minimum Gasteiger partial charge on any atom is -0.424 e. The maximum Gasteiger partial charge on any atom is 0.146 e. The average Bonchev–Trinajstić information content (AvgIpc) is 1.61. The second kappa shape index (κ2) is 5.27. The second-order valence-electron chi connectivity index (χ2n) is 0.840. The SMILES string of the molecule is [SiH3]OCC=CS. The molecule has 0 unspecified atom stereocenters. The van der Waals surface area contributed by atoms with E-state index in [1.165, 1.54) is 0 Å². The maximum absolute atomic E-state index is 4.79. The summed E-state index contributed by atoms with van der Waals surface area (Å²) < 4.78 is 4.79. The van der Waals surface area contributed by atoms with Crippen molar-refractivity contribution in [3.05, 3.63) is 11.5 Å². The first-order chi connectivity index (χ1) is 2.91. The summed E-state index contributed by atoms with van der Waals surface area (Å²) in [6, 6.07) is 0. The quantitative estimate of drug-likeness (QED) is 0.390. The van der Waals surface area contributed by atoms with Gasteiger partial charge in [0.25, 0.3) is 0 Å². The molecule has 0 aliphatic heterocycles. The van der Waals surface area contributed by atoms with Gasteiger partial charge < -0.3 is 4.43 Å². The van der Waals surface area contributed by atoms with Gasteiger partial charge in [0.1, 0.15) is 10.5 Å². The van der Waals surface area contributed by atoms with Crippen LogP contribution in [0.3, 0.4) is 0 Å². The van der Waals surface area contributed by atoms with Gasteiger partial charge in [-0.05, 0) is 5.41 Å². The van der Waals surface area contributed by atoms with Crippen molar-refractivity contribution in [1.29, 1.82) is 0 Å². The van der Waals surface area contributed by atoms with E-state index in [-0.39, 0.29) is 0 Å². The van der Waals surface area contributed by atoms with E-state index in [1.807, 2.05) is 6.08 Å². The van der Waals surface area contributed by atoms with Crippen LogP contribution in [-0.2, 0) is 4.43 Å². The van der Waals surface area contributed by atoms with Crippen LogP contribution < -0.4 is 0 Å². The van der Waals surface area contributed by atoms with Crippen LogP contribution >= 0.6 is 12.6 Å². The lowest BCUT2D eigenvalue weighted by Gasteiger charge is -1.82. The number of thiol groups is 1. The zero-order chi connectivity index (χ0) is 4.83. The summed E-state index contributed by atoms with van der Waals surface area (Å²) in [4.78, 5) is 0. The molecule has 0 bridgehead atoms. The van der Waals surface area contributed by atoms with E-state index < -0.39 is 0 Å². The van der Waals surface area contributed by atoms with Gasteiger partial charge >= 0.3 is 0 Å². The standard InChI is InChI=1S/C3H8OSSi/c5-3-1-2-4-6/h1,3,5H,2H2,6H3. The van der Waals surface area contributed by atoms with Gasteiger partial charge in [0.2, 0.25) is 0 Å². The highest BCUT2D eigenvalue weighted by molar-refractivity contribution is 7.83. The fraction of sp³-hybridized carbons (Fsp3) is 0.333. The van der Waals surface area contributed by atoms with Crippen LogP contribution in [-0.4, -0.2) is 17.1 Å². The number of hydrogen-bond donors (Lipinski definition) is 1. The van der Waals surface area contributed by atoms with Crippen LogP contribution in [0.1, 0.15) is 0 Å². The average molecular weight is 120 g/mol. The van der Waals surface area contributed by atoms with Gasteiger partial charge in [-0.2, -0.15) is 12.6 Å². The summed E-state index contributed by atoms with van der Waals surface area (Å²) in [6.07, 6.45) is 1.86. The smallest absolute Gasteiger partial charge is 0.146 e. The lowest BCUT2D eigenvalue weighted by atomic mass is 10.7. The first-order valence-corrected chi connectivity index (χ1v) is 3.03. The Labute approximate surface area is 46.3 Å². The van der Waals surface area contributed by atoms with Gasteiger partial charge in [0, 0.05) is 0 Å². The summed E-state index contributed by atoms with van der Waals surface area (Å²) in [6.45, 7) is 0.718. The molecule has 0 spiro atoms. The molecule has 1 nitrogen and oxygen atoms in total. The molecule has 0 radical (unpaired) electrons. The molecule has 0 aromatic heterocycles. The summed E-state index contributed by atoms with van der Waals surface area (Å²) in [7, 11) is 0.818.